The summed E-state index contributed by atoms with van der Waals surface area (Å²) in [5.41, 5.74) is 2.36. The van der Waals surface area contributed by atoms with Crippen molar-refractivity contribution in [1.82, 2.24) is 14.5 Å². The molecule has 3 heterocycles. The first-order valence-electron chi connectivity index (χ1n) is 8.22. The summed E-state index contributed by atoms with van der Waals surface area (Å²) in [6, 6.07) is 8.58. The Bertz CT molecular complexity index is 914. The van der Waals surface area contributed by atoms with Crippen molar-refractivity contribution in [2.24, 2.45) is 0 Å². The number of pyridine rings is 1. The van der Waals surface area contributed by atoms with Crippen LogP contribution in [0.15, 0.2) is 36.5 Å². The van der Waals surface area contributed by atoms with Gasteiger partial charge in [-0.2, -0.15) is 0 Å². The largest absolute Gasteiger partial charge is 0.324 e. The number of rotatable bonds is 2. The second-order valence-corrected chi connectivity index (χ2v) is 6.55. The van der Waals surface area contributed by atoms with E-state index in [4.69, 9.17) is 0 Å². The molecule has 1 aliphatic rings. The molecule has 0 spiro atoms. The number of halogens is 2. The molecule has 0 bridgehead atoms. The summed E-state index contributed by atoms with van der Waals surface area (Å²) >= 11 is 0. The molecule has 3 aromatic rings. The van der Waals surface area contributed by atoms with E-state index in [-0.39, 0.29) is 11.6 Å². The van der Waals surface area contributed by atoms with Gasteiger partial charge in [0.05, 0.1) is 11.1 Å². The van der Waals surface area contributed by atoms with Crippen LogP contribution in [0.3, 0.4) is 0 Å². The Balaban J connectivity index is 1.85. The van der Waals surface area contributed by atoms with Gasteiger partial charge in [0.2, 0.25) is 0 Å². The Kier molecular flexibility index (Phi) is 3.61. The molecule has 0 unspecified atom stereocenters. The van der Waals surface area contributed by atoms with Crippen molar-refractivity contribution >= 4 is 11.0 Å². The average Bonchev–Trinajstić information content (AvgIpc) is 2.87. The van der Waals surface area contributed by atoms with Crippen LogP contribution >= 0.6 is 0 Å². The molecule has 0 radical (unpaired) electrons. The van der Waals surface area contributed by atoms with E-state index in [1.54, 1.807) is 30.5 Å². The first kappa shape index (κ1) is 15.3. The van der Waals surface area contributed by atoms with Gasteiger partial charge in [-0.15, -0.1) is 0 Å². The van der Waals surface area contributed by atoms with Gasteiger partial charge in [-0.3, -0.25) is 4.90 Å². The van der Waals surface area contributed by atoms with Crippen LogP contribution in [-0.2, 0) is 13.1 Å². The highest BCUT2D eigenvalue weighted by Crippen LogP contribution is 2.31. The lowest BCUT2D eigenvalue weighted by molar-refractivity contribution is 0.175. The second kappa shape index (κ2) is 5.67. The molecule has 1 aromatic carbocycles. The van der Waals surface area contributed by atoms with Gasteiger partial charge >= 0.3 is 0 Å². The number of nitrogens with zero attached hydrogens (tertiary/aromatic N) is 3. The molecule has 24 heavy (non-hydrogen) atoms. The molecule has 0 amide bonds. The molecule has 2 aromatic heterocycles. The topological polar surface area (TPSA) is 21.1 Å². The fraction of sp³-hybridized carbons (Fsp3) is 0.316. The standard InChI is InChI=1S/C19H19F2N3/c1-12(2)23-7-8-24-17(11-23)18(21)15-9-13(10-22-19(15)24)14-5-3-4-6-16(14)20/h3-6,9-10,12H,7-8,11H2,1-2H3. The zero-order valence-corrected chi connectivity index (χ0v) is 13.8. The van der Waals surface area contributed by atoms with Gasteiger partial charge in [-0.05, 0) is 26.0 Å². The SMILES string of the molecule is CC(C)N1CCn2c(c(F)c3cc(-c4ccccc4F)cnc32)C1. The molecule has 0 fully saturated rings. The van der Waals surface area contributed by atoms with Gasteiger partial charge in [0.1, 0.15) is 11.5 Å². The lowest BCUT2D eigenvalue weighted by Gasteiger charge is -2.31. The van der Waals surface area contributed by atoms with Crippen molar-refractivity contribution in [3.05, 3.63) is 53.9 Å². The van der Waals surface area contributed by atoms with Gasteiger partial charge in [-0.25, -0.2) is 13.8 Å². The minimum Gasteiger partial charge on any atom is -0.324 e. The summed E-state index contributed by atoms with van der Waals surface area (Å²) in [5, 5.41) is 0.469. The van der Waals surface area contributed by atoms with Crippen LogP contribution < -0.4 is 0 Å². The monoisotopic (exact) mass is 327 g/mol. The number of benzene rings is 1. The molecule has 1 aliphatic heterocycles. The minimum atomic E-state index is -0.325. The van der Waals surface area contributed by atoms with Crippen molar-refractivity contribution in [2.75, 3.05) is 6.54 Å². The molecule has 0 atom stereocenters. The molecule has 4 rings (SSSR count). The van der Waals surface area contributed by atoms with E-state index in [1.807, 2.05) is 4.57 Å². The fourth-order valence-electron chi connectivity index (χ4n) is 3.41. The smallest absolute Gasteiger partial charge is 0.154 e. The highest BCUT2D eigenvalue weighted by Gasteiger charge is 2.26. The first-order chi connectivity index (χ1) is 11.6. The van der Waals surface area contributed by atoms with Crippen LogP contribution in [0.4, 0.5) is 8.78 Å². The molecule has 0 saturated carbocycles. The second-order valence-electron chi connectivity index (χ2n) is 6.55. The Morgan fingerprint density at radius 3 is 2.67 bits per heavy atom. The Morgan fingerprint density at radius 2 is 1.92 bits per heavy atom. The van der Waals surface area contributed by atoms with Crippen molar-refractivity contribution in [1.29, 1.82) is 0 Å². The maximum atomic E-state index is 15.0. The minimum absolute atomic E-state index is 0.235. The van der Waals surface area contributed by atoms with Gasteiger partial charge in [0.25, 0.3) is 0 Å². The highest BCUT2D eigenvalue weighted by molar-refractivity contribution is 5.84. The summed E-state index contributed by atoms with van der Waals surface area (Å²) in [4.78, 5) is 6.69. The average molecular weight is 327 g/mol. The Morgan fingerprint density at radius 1 is 1.12 bits per heavy atom. The summed E-state index contributed by atoms with van der Waals surface area (Å²) in [7, 11) is 0. The molecule has 124 valence electrons. The van der Waals surface area contributed by atoms with Crippen LogP contribution in [0, 0.1) is 11.6 Å². The molecule has 3 nitrogen and oxygen atoms in total. The summed E-state index contributed by atoms with van der Waals surface area (Å²) in [6.45, 7) is 6.41. The first-order valence-corrected chi connectivity index (χ1v) is 8.22. The lowest BCUT2D eigenvalue weighted by atomic mass is 10.1. The van der Waals surface area contributed by atoms with E-state index in [2.05, 4.69) is 23.7 Å². The normalized spacial score (nSPS) is 15.2. The van der Waals surface area contributed by atoms with Gasteiger partial charge in [0.15, 0.2) is 5.82 Å². The summed E-state index contributed by atoms with van der Waals surface area (Å²) in [6.07, 6.45) is 1.63. The maximum absolute atomic E-state index is 15.0. The zero-order valence-electron chi connectivity index (χ0n) is 13.8. The Hall–Kier alpha value is -2.27. The van der Waals surface area contributed by atoms with Crippen LogP contribution in [0.1, 0.15) is 19.5 Å². The third-order valence-corrected chi connectivity index (χ3v) is 4.82. The van der Waals surface area contributed by atoms with E-state index < -0.39 is 0 Å². The van der Waals surface area contributed by atoms with Gasteiger partial charge in [-0.1, -0.05) is 18.2 Å². The maximum Gasteiger partial charge on any atom is 0.154 e. The molecule has 0 aliphatic carbocycles. The van der Waals surface area contributed by atoms with E-state index in [0.29, 0.717) is 40.4 Å². The van der Waals surface area contributed by atoms with Crippen molar-refractivity contribution < 1.29 is 8.78 Å². The van der Waals surface area contributed by atoms with E-state index in [9.17, 15) is 8.78 Å². The fourth-order valence-corrected chi connectivity index (χ4v) is 3.41. The zero-order chi connectivity index (χ0) is 16.8. The number of fused-ring (bicyclic) bond motifs is 3. The van der Waals surface area contributed by atoms with Crippen LogP contribution in [0.5, 0.6) is 0 Å². The van der Waals surface area contributed by atoms with E-state index in [0.717, 1.165) is 13.1 Å². The molecule has 5 heteroatoms. The predicted molar refractivity (Wildman–Crippen MR) is 90.6 cm³/mol. The van der Waals surface area contributed by atoms with Gasteiger partial charge < -0.3 is 4.57 Å². The third-order valence-electron chi connectivity index (χ3n) is 4.82. The highest BCUT2D eigenvalue weighted by atomic mass is 19.1. The summed E-state index contributed by atoms with van der Waals surface area (Å²) in [5.74, 6) is -0.560. The van der Waals surface area contributed by atoms with Gasteiger partial charge in [0, 0.05) is 43.0 Å². The van der Waals surface area contributed by atoms with Crippen LogP contribution in [-0.4, -0.2) is 27.0 Å². The van der Waals surface area contributed by atoms with Crippen LogP contribution in [0.25, 0.3) is 22.2 Å². The number of hydrogen-bond donors (Lipinski definition) is 0. The molecule has 0 N–H and O–H groups in total. The quantitative estimate of drug-likeness (QED) is 0.703. The molecule has 0 saturated heterocycles. The third kappa shape index (κ3) is 2.31. The predicted octanol–water partition coefficient (Wildman–Crippen LogP) is 4.21. The Labute approximate surface area is 139 Å². The van der Waals surface area contributed by atoms with E-state index in [1.165, 1.54) is 6.07 Å². The number of aromatic nitrogens is 2. The molecular formula is C19H19F2N3. The van der Waals surface area contributed by atoms with Crippen LogP contribution in [0.2, 0.25) is 0 Å². The summed E-state index contributed by atoms with van der Waals surface area (Å²) < 4.78 is 30.9. The number of hydrogen-bond acceptors (Lipinski definition) is 2. The van der Waals surface area contributed by atoms with Crippen molar-refractivity contribution in [3.63, 3.8) is 0 Å². The molecular weight excluding hydrogens is 308 g/mol. The van der Waals surface area contributed by atoms with E-state index >= 15 is 0 Å². The lowest BCUT2D eigenvalue weighted by Crippen LogP contribution is -2.38. The van der Waals surface area contributed by atoms with Crippen molar-refractivity contribution in [2.45, 2.75) is 33.0 Å². The van der Waals surface area contributed by atoms with Crippen molar-refractivity contribution in [3.8, 4) is 11.1 Å².